The minimum Gasteiger partial charge on any atom is -0.395 e. The highest BCUT2D eigenvalue weighted by Gasteiger charge is 2.18. The van der Waals surface area contributed by atoms with Gasteiger partial charge in [0.25, 0.3) is 0 Å². The van der Waals surface area contributed by atoms with Gasteiger partial charge in [-0.2, -0.15) is 0 Å². The maximum Gasteiger partial charge on any atom is 0.101 e. The molecule has 0 aromatic carbocycles. The molecule has 1 aromatic rings. The first kappa shape index (κ1) is 13.2. The van der Waals surface area contributed by atoms with E-state index in [0.717, 1.165) is 35.7 Å². The van der Waals surface area contributed by atoms with Gasteiger partial charge < -0.3 is 10.0 Å². The molecular weight excluding hydrogens is 327 g/mol. The van der Waals surface area contributed by atoms with E-state index in [4.69, 9.17) is 5.11 Å². The molecule has 0 bridgehead atoms. The van der Waals surface area contributed by atoms with Crippen LogP contribution in [0.4, 0.5) is 0 Å². The molecule has 0 aliphatic carbocycles. The molecule has 0 spiro atoms. The highest BCUT2D eigenvalue weighted by Crippen LogP contribution is 2.21. The number of hydrogen-bond acceptors (Lipinski definition) is 3. The van der Waals surface area contributed by atoms with Crippen molar-refractivity contribution >= 4 is 22.6 Å². The van der Waals surface area contributed by atoms with Crippen LogP contribution in [0.5, 0.6) is 0 Å². The number of pyridine rings is 1. The summed E-state index contributed by atoms with van der Waals surface area (Å²) in [6.07, 6.45) is 5.64. The molecule has 2 heterocycles. The predicted molar refractivity (Wildman–Crippen MR) is 76.9 cm³/mol. The molecule has 0 unspecified atom stereocenters. The van der Waals surface area contributed by atoms with Gasteiger partial charge in [0.15, 0.2) is 0 Å². The molecule has 0 saturated carbocycles. The molecule has 1 aromatic heterocycles. The quantitative estimate of drug-likeness (QED) is 0.669. The summed E-state index contributed by atoms with van der Waals surface area (Å²) in [5, 5.41) is 8.89. The Balaban J connectivity index is 1.79. The number of aliphatic hydroxyl groups excluding tert-OH is 1. The van der Waals surface area contributed by atoms with Crippen LogP contribution in [-0.2, 0) is 6.42 Å². The first-order valence-electron chi connectivity index (χ1n) is 6.21. The average molecular weight is 346 g/mol. The van der Waals surface area contributed by atoms with Crippen molar-refractivity contribution in [3.05, 3.63) is 27.6 Å². The molecule has 94 valence electrons. The second kappa shape index (κ2) is 6.66. The first-order chi connectivity index (χ1) is 8.28. The van der Waals surface area contributed by atoms with Gasteiger partial charge >= 0.3 is 0 Å². The topological polar surface area (TPSA) is 36.4 Å². The van der Waals surface area contributed by atoms with Crippen molar-refractivity contribution < 1.29 is 5.11 Å². The van der Waals surface area contributed by atoms with E-state index in [2.05, 4.69) is 44.6 Å². The summed E-state index contributed by atoms with van der Waals surface area (Å²) in [6, 6.07) is 4.27. The molecule has 1 fully saturated rings. The lowest BCUT2D eigenvalue weighted by Crippen LogP contribution is -2.36. The average Bonchev–Trinajstić information content (AvgIpc) is 2.35. The lowest BCUT2D eigenvalue weighted by atomic mass is 9.91. The second-order valence-corrected chi connectivity index (χ2v) is 5.81. The minimum atomic E-state index is 0.283. The van der Waals surface area contributed by atoms with Gasteiger partial charge in [-0.1, -0.05) is 6.07 Å². The Bertz CT molecular complexity index is 334. The number of aliphatic hydroxyl groups is 1. The van der Waals surface area contributed by atoms with Crippen LogP contribution >= 0.6 is 22.6 Å². The molecule has 0 atom stereocenters. The van der Waals surface area contributed by atoms with Crippen LogP contribution in [0.15, 0.2) is 18.3 Å². The van der Waals surface area contributed by atoms with E-state index in [1.54, 1.807) is 0 Å². The summed E-state index contributed by atoms with van der Waals surface area (Å²) < 4.78 is 1.06. The van der Waals surface area contributed by atoms with Gasteiger partial charge in [0.2, 0.25) is 0 Å². The second-order valence-electron chi connectivity index (χ2n) is 4.70. The summed E-state index contributed by atoms with van der Waals surface area (Å²) in [4.78, 5) is 6.68. The van der Waals surface area contributed by atoms with Crippen molar-refractivity contribution in [1.29, 1.82) is 0 Å². The number of β-amino-alcohol motifs (C(OH)–C–C–N with tert-alkyl or cyclic N) is 1. The monoisotopic (exact) mass is 346 g/mol. The Morgan fingerprint density at radius 3 is 2.71 bits per heavy atom. The normalized spacial score (nSPS) is 18.5. The highest BCUT2D eigenvalue weighted by atomic mass is 127. The maximum absolute atomic E-state index is 8.89. The highest BCUT2D eigenvalue weighted by molar-refractivity contribution is 14.1. The standard InChI is InChI=1S/C13H19IN2O/c14-13-2-1-12(10-15-13)9-11-3-5-16(6-4-11)7-8-17/h1-2,10-11,17H,3-9H2. The Morgan fingerprint density at radius 1 is 1.35 bits per heavy atom. The molecule has 1 aliphatic rings. The molecule has 1 N–H and O–H groups in total. The number of nitrogens with zero attached hydrogens (tertiary/aromatic N) is 2. The Morgan fingerprint density at radius 2 is 2.12 bits per heavy atom. The summed E-state index contributed by atoms with van der Waals surface area (Å²) in [7, 11) is 0. The molecule has 0 amide bonds. The van der Waals surface area contributed by atoms with Crippen LogP contribution in [0.3, 0.4) is 0 Å². The van der Waals surface area contributed by atoms with E-state index in [0.29, 0.717) is 0 Å². The third-order valence-corrected chi connectivity index (χ3v) is 4.07. The van der Waals surface area contributed by atoms with Gasteiger partial charge in [-0.3, -0.25) is 4.98 Å². The van der Waals surface area contributed by atoms with Crippen molar-refractivity contribution in [2.75, 3.05) is 26.2 Å². The predicted octanol–water partition coefficient (Wildman–Crippen LogP) is 1.93. The third kappa shape index (κ3) is 4.19. The lowest BCUT2D eigenvalue weighted by Gasteiger charge is -2.31. The van der Waals surface area contributed by atoms with E-state index in [1.807, 2.05) is 6.20 Å². The molecule has 17 heavy (non-hydrogen) atoms. The number of hydrogen-bond donors (Lipinski definition) is 1. The van der Waals surface area contributed by atoms with Crippen LogP contribution in [0, 0.1) is 9.62 Å². The fourth-order valence-corrected chi connectivity index (χ4v) is 2.74. The van der Waals surface area contributed by atoms with Gasteiger partial charge in [-0.05, 0) is 72.5 Å². The Kier molecular flexibility index (Phi) is 5.18. The molecule has 1 aliphatic heterocycles. The Labute approximate surface area is 116 Å². The SMILES string of the molecule is OCCN1CCC(Cc2ccc(I)nc2)CC1. The minimum absolute atomic E-state index is 0.283. The number of likely N-dealkylation sites (tertiary alicyclic amines) is 1. The number of halogens is 1. The molecule has 1 saturated heterocycles. The van der Waals surface area contributed by atoms with Gasteiger partial charge in [0, 0.05) is 12.7 Å². The van der Waals surface area contributed by atoms with E-state index < -0.39 is 0 Å². The Hall–Kier alpha value is -0.200. The zero-order valence-electron chi connectivity index (χ0n) is 9.98. The smallest absolute Gasteiger partial charge is 0.101 e. The lowest BCUT2D eigenvalue weighted by molar-refractivity contribution is 0.147. The number of piperidine rings is 1. The van der Waals surface area contributed by atoms with Crippen molar-refractivity contribution in [3.63, 3.8) is 0 Å². The fraction of sp³-hybridized carbons (Fsp3) is 0.615. The van der Waals surface area contributed by atoms with E-state index in [9.17, 15) is 0 Å². The van der Waals surface area contributed by atoms with Gasteiger partial charge in [-0.25, -0.2) is 0 Å². The molecule has 0 radical (unpaired) electrons. The van der Waals surface area contributed by atoms with Crippen molar-refractivity contribution in [1.82, 2.24) is 9.88 Å². The molecule has 2 rings (SSSR count). The third-order valence-electron chi connectivity index (χ3n) is 3.44. The first-order valence-corrected chi connectivity index (χ1v) is 7.29. The van der Waals surface area contributed by atoms with Gasteiger partial charge in [0.1, 0.15) is 3.70 Å². The summed E-state index contributed by atoms with van der Waals surface area (Å²) >= 11 is 2.24. The van der Waals surface area contributed by atoms with Crippen molar-refractivity contribution in [3.8, 4) is 0 Å². The van der Waals surface area contributed by atoms with Crippen LogP contribution in [-0.4, -0.2) is 41.2 Å². The fourth-order valence-electron chi connectivity index (χ4n) is 2.42. The van der Waals surface area contributed by atoms with Gasteiger partial charge in [0.05, 0.1) is 6.61 Å². The summed E-state index contributed by atoms with van der Waals surface area (Å²) in [6.45, 7) is 3.37. The van der Waals surface area contributed by atoms with E-state index in [-0.39, 0.29) is 6.61 Å². The van der Waals surface area contributed by atoms with E-state index >= 15 is 0 Å². The largest absolute Gasteiger partial charge is 0.395 e. The molecule has 3 nitrogen and oxygen atoms in total. The van der Waals surface area contributed by atoms with Crippen LogP contribution in [0.25, 0.3) is 0 Å². The summed E-state index contributed by atoms with van der Waals surface area (Å²) in [5.74, 6) is 0.784. The zero-order chi connectivity index (χ0) is 12.1. The van der Waals surface area contributed by atoms with Crippen LogP contribution < -0.4 is 0 Å². The molecular formula is C13H19IN2O. The molecule has 4 heteroatoms. The van der Waals surface area contributed by atoms with Crippen LogP contribution in [0.1, 0.15) is 18.4 Å². The summed E-state index contributed by atoms with van der Waals surface area (Å²) in [5.41, 5.74) is 1.35. The van der Waals surface area contributed by atoms with Crippen molar-refractivity contribution in [2.24, 2.45) is 5.92 Å². The zero-order valence-corrected chi connectivity index (χ0v) is 12.1. The number of rotatable bonds is 4. The van der Waals surface area contributed by atoms with E-state index in [1.165, 1.54) is 18.4 Å². The van der Waals surface area contributed by atoms with Crippen LogP contribution in [0.2, 0.25) is 0 Å². The van der Waals surface area contributed by atoms with Crippen molar-refractivity contribution in [2.45, 2.75) is 19.3 Å². The maximum atomic E-state index is 8.89. The number of aromatic nitrogens is 1. The van der Waals surface area contributed by atoms with Gasteiger partial charge in [-0.15, -0.1) is 0 Å².